The van der Waals surface area contributed by atoms with Crippen LogP contribution >= 0.6 is 22.9 Å². The lowest BCUT2D eigenvalue weighted by atomic mass is 10.0. The van der Waals surface area contributed by atoms with E-state index in [1.54, 1.807) is 30.8 Å². The first-order chi connectivity index (χ1) is 15.6. The highest BCUT2D eigenvalue weighted by Gasteiger charge is 2.22. The molecular weight excluding hydrogens is 446 g/mol. The molecule has 6 nitrogen and oxygen atoms in total. The van der Waals surface area contributed by atoms with E-state index < -0.39 is 0 Å². The van der Waals surface area contributed by atoms with Crippen LogP contribution in [0.1, 0.15) is 34.5 Å². The van der Waals surface area contributed by atoms with Crippen LogP contribution in [0.4, 0.5) is 0 Å². The fourth-order valence-corrected chi connectivity index (χ4v) is 4.41. The molecule has 0 atom stereocenters. The van der Waals surface area contributed by atoms with Crippen LogP contribution < -0.4 is 14.8 Å². The van der Waals surface area contributed by atoms with Crippen molar-refractivity contribution in [2.45, 2.75) is 32.0 Å². The Bertz CT molecular complexity index is 1020. The molecule has 8 heteroatoms. The van der Waals surface area contributed by atoms with Crippen LogP contribution in [0.15, 0.2) is 53.4 Å². The van der Waals surface area contributed by atoms with Gasteiger partial charge >= 0.3 is 0 Å². The maximum atomic E-state index is 12.8. The average Bonchev–Trinajstić information content (AvgIpc) is 3.34. The number of amides is 1. The molecule has 1 amide bonds. The summed E-state index contributed by atoms with van der Waals surface area (Å²) in [6, 6.07) is 13.4. The van der Waals surface area contributed by atoms with Crippen LogP contribution in [0.25, 0.3) is 0 Å². The number of carbonyl (C=O) groups excluding carboxylic acids is 1. The number of aromatic nitrogens is 1. The summed E-state index contributed by atoms with van der Waals surface area (Å²) in [4.78, 5) is 19.4. The van der Waals surface area contributed by atoms with Crippen LogP contribution in [0.3, 0.4) is 0 Å². The Morgan fingerprint density at radius 2 is 1.97 bits per heavy atom. The normalized spacial score (nSPS) is 14.8. The number of rotatable bonds is 8. The predicted octanol–water partition coefficient (Wildman–Crippen LogP) is 4.78. The van der Waals surface area contributed by atoms with Crippen molar-refractivity contribution in [1.82, 2.24) is 15.2 Å². The minimum absolute atomic E-state index is 0.0921. The van der Waals surface area contributed by atoms with Gasteiger partial charge in [-0.15, -0.1) is 11.3 Å². The van der Waals surface area contributed by atoms with Gasteiger partial charge in [-0.05, 0) is 48.7 Å². The molecule has 1 aromatic heterocycles. The average molecular weight is 472 g/mol. The van der Waals surface area contributed by atoms with Crippen molar-refractivity contribution in [3.05, 3.63) is 75.2 Å². The summed E-state index contributed by atoms with van der Waals surface area (Å²) in [6.07, 6.45) is 1.84. The minimum Gasteiger partial charge on any atom is -0.493 e. The number of piperidine rings is 1. The van der Waals surface area contributed by atoms with Gasteiger partial charge in [-0.3, -0.25) is 9.69 Å². The zero-order valence-corrected chi connectivity index (χ0v) is 19.5. The monoisotopic (exact) mass is 471 g/mol. The maximum Gasteiger partial charge on any atom is 0.251 e. The van der Waals surface area contributed by atoms with Gasteiger partial charge in [0.25, 0.3) is 5.91 Å². The molecule has 0 saturated carbocycles. The third-order valence-corrected chi connectivity index (χ3v) is 6.41. The van der Waals surface area contributed by atoms with Crippen LogP contribution in [0.5, 0.6) is 11.5 Å². The highest BCUT2D eigenvalue weighted by atomic mass is 35.5. The lowest BCUT2D eigenvalue weighted by Crippen LogP contribution is -2.44. The molecule has 0 radical (unpaired) electrons. The van der Waals surface area contributed by atoms with E-state index in [9.17, 15) is 4.79 Å². The van der Waals surface area contributed by atoms with Crippen molar-refractivity contribution in [2.75, 3.05) is 20.2 Å². The molecule has 168 valence electrons. The Morgan fingerprint density at radius 1 is 1.19 bits per heavy atom. The van der Waals surface area contributed by atoms with Gasteiger partial charge in [-0.25, -0.2) is 4.98 Å². The molecule has 0 bridgehead atoms. The Hall–Kier alpha value is -2.61. The third-order valence-electron chi connectivity index (χ3n) is 5.53. The topological polar surface area (TPSA) is 63.7 Å². The second-order valence-corrected chi connectivity index (χ2v) is 8.94. The van der Waals surface area contributed by atoms with Crippen LogP contribution in [0, 0.1) is 0 Å². The summed E-state index contributed by atoms with van der Waals surface area (Å²) in [6.45, 7) is 3.15. The molecule has 0 spiro atoms. The Kier molecular flexibility index (Phi) is 7.63. The van der Waals surface area contributed by atoms with E-state index in [0.29, 0.717) is 23.7 Å². The predicted molar refractivity (Wildman–Crippen MR) is 127 cm³/mol. The van der Waals surface area contributed by atoms with Crippen molar-refractivity contribution in [2.24, 2.45) is 0 Å². The quantitative estimate of drug-likeness (QED) is 0.512. The van der Waals surface area contributed by atoms with E-state index in [4.69, 9.17) is 21.1 Å². The number of carbonyl (C=O) groups is 1. The van der Waals surface area contributed by atoms with Gasteiger partial charge in [0.1, 0.15) is 6.61 Å². The number of hydrogen-bond acceptors (Lipinski definition) is 6. The van der Waals surface area contributed by atoms with Crippen LogP contribution in [-0.4, -0.2) is 42.0 Å². The zero-order valence-electron chi connectivity index (χ0n) is 17.9. The highest BCUT2D eigenvalue weighted by Crippen LogP contribution is 2.29. The summed E-state index contributed by atoms with van der Waals surface area (Å²) in [5, 5.41) is 5.86. The van der Waals surface area contributed by atoms with Crippen molar-refractivity contribution in [3.63, 3.8) is 0 Å². The maximum absolute atomic E-state index is 12.8. The van der Waals surface area contributed by atoms with Gasteiger partial charge < -0.3 is 14.8 Å². The Balaban J connectivity index is 1.28. The lowest BCUT2D eigenvalue weighted by molar-refractivity contribution is 0.0908. The van der Waals surface area contributed by atoms with Crippen molar-refractivity contribution < 1.29 is 14.3 Å². The molecule has 1 saturated heterocycles. The summed E-state index contributed by atoms with van der Waals surface area (Å²) < 4.78 is 11.2. The highest BCUT2D eigenvalue weighted by molar-refractivity contribution is 7.07. The molecular formula is C24H26ClN3O3S. The van der Waals surface area contributed by atoms with Gasteiger partial charge in [0.15, 0.2) is 11.5 Å². The molecule has 4 rings (SSSR count). The van der Waals surface area contributed by atoms with Gasteiger partial charge in [0, 0.05) is 41.6 Å². The summed E-state index contributed by atoms with van der Waals surface area (Å²) in [5.74, 6) is 1.03. The first kappa shape index (κ1) is 22.6. The molecule has 1 fully saturated rings. The Morgan fingerprint density at radius 3 is 2.66 bits per heavy atom. The SMILES string of the molecule is COc1cc(C(=O)NC2CCN(Cc3ccc(Cl)cc3)CC2)ccc1OCc1cscn1. The third kappa shape index (κ3) is 6.00. The van der Waals surface area contributed by atoms with E-state index >= 15 is 0 Å². The number of likely N-dealkylation sites (tertiary alicyclic amines) is 1. The molecule has 3 aromatic rings. The lowest BCUT2D eigenvalue weighted by Gasteiger charge is -2.32. The fourth-order valence-electron chi connectivity index (χ4n) is 3.74. The van der Waals surface area contributed by atoms with Crippen molar-refractivity contribution in [3.8, 4) is 11.5 Å². The number of nitrogens with zero attached hydrogens (tertiary/aromatic N) is 2. The smallest absolute Gasteiger partial charge is 0.251 e. The van der Waals surface area contributed by atoms with Crippen LogP contribution in [-0.2, 0) is 13.2 Å². The van der Waals surface area contributed by atoms with Gasteiger partial charge in [-0.1, -0.05) is 23.7 Å². The fraction of sp³-hybridized carbons (Fsp3) is 0.333. The first-order valence-electron chi connectivity index (χ1n) is 10.6. The molecule has 1 aliphatic heterocycles. The van der Waals surface area contributed by atoms with Crippen LogP contribution in [0.2, 0.25) is 5.02 Å². The molecule has 2 aromatic carbocycles. The van der Waals surface area contributed by atoms with Crippen molar-refractivity contribution in [1.29, 1.82) is 0 Å². The molecule has 0 unspecified atom stereocenters. The molecule has 2 heterocycles. The van der Waals surface area contributed by atoms with Gasteiger partial charge in [0.05, 0.1) is 18.3 Å². The summed E-state index contributed by atoms with van der Waals surface area (Å²) in [5.41, 5.74) is 4.44. The molecule has 32 heavy (non-hydrogen) atoms. The Labute approximate surface area is 197 Å². The largest absolute Gasteiger partial charge is 0.493 e. The summed E-state index contributed by atoms with van der Waals surface area (Å²) >= 11 is 7.49. The standard InChI is InChI=1S/C24H26ClN3O3S/c1-30-23-12-18(4-7-22(23)31-14-21-15-32-16-26-21)24(29)27-20-8-10-28(11-9-20)13-17-2-5-19(25)6-3-17/h2-7,12,15-16,20H,8-11,13-14H2,1H3,(H,27,29). The second kappa shape index (κ2) is 10.8. The number of ether oxygens (including phenoxy) is 2. The minimum atomic E-state index is -0.0921. The number of methoxy groups -OCH3 is 1. The molecule has 1 aliphatic rings. The second-order valence-electron chi connectivity index (χ2n) is 7.78. The van der Waals surface area contributed by atoms with E-state index in [1.807, 2.05) is 17.5 Å². The number of thiazole rings is 1. The van der Waals surface area contributed by atoms with E-state index in [-0.39, 0.29) is 11.9 Å². The molecule has 0 aliphatic carbocycles. The van der Waals surface area contributed by atoms with E-state index in [1.165, 1.54) is 16.9 Å². The molecule has 1 N–H and O–H groups in total. The number of benzene rings is 2. The van der Waals surface area contributed by atoms with Gasteiger partial charge in [0.2, 0.25) is 0 Å². The van der Waals surface area contributed by atoms with E-state index in [2.05, 4.69) is 27.3 Å². The van der Waals surface area contributed by atoms with Crippen molar-refractivity contribution >= 4 is 28.8 Å². The van der Waals surface area contributed by atoms with E-state index in [0.717, 1.165) is 43.2 Å². The summed E-state index contributed by atoms with van der Waals surface area (Å²) in [7, 11) is 1.57. The van der Waals surface area contributed by atoms with Gasteiger partial charge in [-0.2, -0.15) is 0 Å². The number of nitrogens with one attached hydrogen (secondary N) is 1. The number of hydrogen-bond donors (Lipinski definition) is 1. The number of halogens is 1. The zero-order chi connectivity index (χ0) is 22.3. The first-order valence-corrected chi connectivity index (χ1v) is 11.9.